The van der Waals surface area contributed by atoms with E-state index in [0.29, 0.717) is 0 Å². The Labute approximate surface area is 141 Å². The number of hydrogen-bond donors (Lipinski definition) is 1. The Morgan fingerprint density at radius 2 is 1.83 bits per heavy atom. The summed E-state index contributed by atoms with van der Waals surface area (Å²) in [7, 11) is 1.24. The number of benzene rings is 2. The van der Waals surface area contributed by atoms with Gasteiger partial charge in [0.2, 0.25) is 0 Å². The molecule has 0 spiro atoms. The summed E-state index contributed by atoms with van der Waals surface area (Å²) in [5.41, 5.74) is 0.713. The van der Waals surface area contributed by atoms with Crippen LogP contribution in [0.5, 0.6) is 0 Å². The molecule has 0 radical (unpaired) electrons. The van der Waals surface area contributed by atoms with Crippen molar-refractivity contribution in [2.45, 2.75) is 12.5 Å². The molecule has 6 heteroatoms. The number of ether oxygens (including phenoxy) is 1. The molecule has 2 aromatic rings. The van der Waals surface area contributed by atoms with Crippen LogP contribution in [0.2, 0.25) is 0 Å². The molecule has 120 valence electrons. The van der Waals surface area contributed by atoms with E-state index in [1.165, 1.54) is 25.3 Å². The van der Waals surface area contributed by atoms with E-state index in [1.807, 2.05) is 24.3 Å². The molecule has 23 heavy (non-hydrogen) atoms. The van der Waals surface area contributed by atoms with Crippen molar-refractivity contribution in [1.82, 2.24) is 5.32 Å². The second-order valence-corrected chi connectivity index (χ2v) is 5.68. The number of nitrogens with one attached hydrogen (secondary N) is 1. The first-order valence-corrected chi connectivity index (χ1v) is 7.69. The van der Waals surface area contributed by atoms with E-state index in [2.05, 4.69) is 21.2 Å². The summed E-state index contributed by atoms with van der Waals surface area (Å²) in [6.07, 6.45) is 0.230. The largest absolute Gasteiger partial charge is 0.467 e. The van der Waals surface area contributed by atoms with Crippen molar-refractivity contribution < 1.29 is 18.7 Å². The average Bonchev–Trinajstić information content (AvgIpc) is 2.55. The Bertz CT molecular complexity index is 720. The van der Waals surface area contributed by atoms with E-state index in [0.717, 1.165) is 10.0 Å². The van der Waals surface area contributed by atoms with Crippen LogP contribution in [0.3, 0.4) is 0 Å². The summed E-state index contributed by atoms with van der Waals surface area (Å²) in [6, 6.07) is 12.0. The molecule has 0 bridgehead atoms. The van der Waals surface area contributed by atoms with Crippen LogP contribution in [0.25, 0.3) is 0 Å². The van der Waals surface area contributed by atoms with Crippen LogP contribution in [-0.2, 0) is 16.0 Å². The van der Waals surface area contributed by atoms with Crippen molar-refractivity contribution in [3.8, 4) is 0 Å². The van der Waals surface area contributed by atoms with E-state index in [9.17, 15) is 14.0 Å². The van der Waals surface area contributed by atoms with Gasteiger partial charge >= 0.3 is 5.97 Å². The first kappa shape index (κ1) is 17.1. The first-order valence-electron chi connectivity index (χ1n) is 6.89. The lowest BCUT2D eigenvalue weighted by Crippen LogP contribution is -2.43. The average molecular weight is 380 g/mol. The summed E-state index contributed by atoms with van der Waals surface area (Å²) in [6.45, 7) is 0. The number of esters is 1. The van der Waals surface area contributed by atoms with Crippen LogP contribution < -0.4 is 5.32 Å². The normalized spacial score (nSPS) is 11.6. The Morgan fingerprint density at radius 3 is 2.48 bits per heavy atom. The van der Waals surface area contributed by atoms with Crippen molar-refractivity contribution in [2.75, 3.05) is 7.11 Å². The molecule has 2 rings (SSSR count). The van der Waals surface area contributed by atoms with Gasteiger partial charge in [0.15, 0.2) is 0 Å². The zero-order chi connectivity index (χ0) is 16.8. The number of hydrogen-bond acceptors (Lipinski definition) is 3. The molecule has 0 aliphatic carbocycles. The zero-order valence-corrected chi connectivity index (χ0v) is 14.0. The molecule has 0 fully saturated rings. The maximum absolute atomic E-state index is 13.7. The molecule has 1 N–H and O–H groups in total. The van der Waals surface area contributed by atoms with E-state index >= 15 is 0 Å². The maximum Gasteiger partial charge on any atom is 0.328 e. The van der Waals surface area contributed by atoms with Gasteiger partial charge in [0.1, 0.15) is 11.9 Å². The molecular weight excluding hydrogens is 365 g/mol. The minimum Gasteiger partial charge on any atom is -0.467 e. The zero-order valence-electron chi connectivity index (χ0n) is 12.4. The highest BCUT2D eigenvalue weighted by atomic mass is 79.9. The Hall–Kier alpha value is -2.21. The monoisotopic (exact) mass is 379 g/mol. The Balaban J connectivity index is 2.20. The standard InChI is InChI=1S/C17H15BrFNO3/c1-23-17(22)15(10-11-6-2-4-8-13(11)18)20-16(21)12-7-3-5-9-14(12)19/h2-9,15H,10H2,1H3,(H,20,21)/t15-/m0/s1. The number of carbonyl (C=O) groups excluding carboxylic acids is 2. The predicted octanol–water partition coefficient (Wildman–Crippen LogP) is 3.10. The molecule has 0 saturated heterocycles. The molecular formula is C17H15BrFNO3. The number of carbonyl (C=O) groups is 2. The number of amides is 1. The summed E-state index contributed by atoms with van der Waals surface area (Å²) < 4.78 is 19.2. The quantitative estimate of drug-likeness (QED) is 0.812. The van der Waals surface area contributed by atoms with E-state index in [-0.39, 0.29) is 12.0 Å². The minimum atomic E-state index is -0.911. The van der Waals surface area contributed by atoms with Crippen LogP contribution in [0.4, 0.5) is 4.39 Å². The smallest absolute Gasteiger partial charge is 0.328 e. The number of rotatable bonds is 5. The van der Waals surface area contributed by atoms with E-state index in [1.54, 1.807) is 6.07 Å². The summed E-state index contributed by atoms with van der Waals surface area (Å²) in [4.78, 5) is 24.1. The second-order valence-electron chi connectivity index (χ2n) is 4.82. The number of halogens is 2. The van der Waals surface area contributed by atoms with Crippen LogP contribution in [0, 0.1) is 5.82 Å². The summed E-state index contributed by atoms with van der Waals surface area (Å²) in [5.74, 6) is -1.90. The maximum atomic E-state index is 13.7. The third-order valence-corrected chi connectivity index (χ3v) is 4.07. The van der Waals surface area contributed by atoms with Crippen molar-refractivity contribution in [3.05, 3.63) is 69.9 Å². The van der Waals surface area contributed by atoms with Gasteiger partial charge < -0.3 is 10.1 Å². The van der Waals surface area contributed by atoms with Gasteiger partial charge in [-0.2, -0.15) is 0 Å². The lowest BCUT2D eigenvalue weighted by molar-refractivity contribution is -0.142. The highest BCUT2D eigenvalue weighted by molar-refractivity contribution is 9.10. The van der Waals surface area contributed by atoms with Gasteiger partial charge in [-0.1, -0.05) is 46.3 Å². The topological polar surface area (TPSA) is 55.4 Å². The highest BCUT2D eigenvalue weighted by Crippen LogP contribution is 2.18. The summed E-state index contributed by atoms with van der Waals surface area (Å²) >= 11 is 3.39. The third-order valence-electron chi connectivity index (χ3n) is 3.29. The molecule has 1 amide bonds. The fraction of sp³-hybridized carbons (Fsp3) is 0.176. The Kier molecular flexibility index (Phi) is 5.87. The molecule has 0 saturated carbocycles. The van der Waals surface area contributed by atoms with Gasteiger partial charge in [-0.15, -0.1) is 0 Å². The lowest BCUT2D eigenvalue weighted by atomic mass is 10.1. The van der Waals surface area contributed by atoms with Crippen LogP contribution in [0.15, 0.2) is 53.0 Å². The highest BCUT2D eigenvalue weighted by Gasteiger charge is 2.24. The molecule has 0 aromatic heterocycles. The van der Waals surface area contributed by atoms with E-state index in [4.69, 9.17) is 4.74 Å². The van der Waals surface area contributed by atoms with Crippen molar-refractivity contribution in [2.24, 2.45) is 0 Å². The second kappa shape index (κ2) is 7.87. The van der Waals surface area contributed by atoms with Crippen molar-refractivity contribution in [3.63, 3.8) is 0 Å². The molecule has 0 unspecified atom stereocenters. The first-order chi connectivity index (χ1) is 11.0. The van der Waals surface area contributed by atoms with Gasteiger partial charge in [-0.25, -0.2) is 9.18 Å². The summed E-state index contributed by atoms with van der Waals surface area (Å²) in [5, 5.41) is 2.53. The van der Waals surface area contributed by atoms with Crippen molar-refractivity contribution in [1.29, 1.82) is 0 Å². The lowest BCUT2D eigenvalue weighted by Gasteiger charge is -2.17. The molecule has 1 atom stereocenters. The molecule has 4 nitrogen and oxygen atoms in total. The van der Waals surface area contributed by atoms with Gasteiger partial charge in [0, 0.05) is 10.9 Å². The molecule has 0 aliphatic rings. The van der Waals surface area contributed by atoms with Gasteiger partial charge in [0.25, 0.3) is 5.91 Å². The predicted molar refractivity (Wildman–Crippen MR) is 87.5 cm³/mol. The van der Waals surface area contributed by atoms with Crippen LogP contribution in [0.1, 0.15) is 15.9 Å². The number of methoxy groups -OCH3 is 1. The fourth-order valence-corrected chi connectivity index (χ4v) is 2.55. The van der Waals surface area contributed by atoms with Gasteiger partial charge in [-0.3, -0.25) is 4.79 Å². The fourth-order valence-electron chi connectivity index (χ4n) is 2.10. The Morgan fingerprint density at radius 1 is 1.17 bits per heavy atom. The van der Waals surface area contributed by atoms with Crippen LogP contribution in [-0.4, -0.2) is 25.0 Å². The van der Waals surface area contributed by atoms with Gasteiger partial charge in [0.05, 0.1) is 12.7 Å². The molecule has 0 heterocycles. The molecule has 0 aliphatic heterocycles. The van der Waals surface area contributed by atoms with Gasteiger partial charge in [-0.05, 0) is 23.8 Å². The van der Waals surface area contributed by atoms with E-state index < -0.39 is 23.7 Å². The minimum absolute atomic E-state index is 0.117. The SMILES string of the molecule is COC(=O)[C@H](Cc1ccccc1Br)NC(=O)c1ccccc1F. The van der Waals surface area contributed by atoms with Crippen LogP contribution >= 0.6 is 15.9 Å². The van der Waals surface area contributed by atoms with Crippen molar-refractivity contribution >= 4 is 27.8 Å². The third kappa shape index (κ3) is 4.39. The molecule has 2 aromatic carbocycles.